The van der Waals surface area contributed by atoms with E-state index in [1.165, 1.54) is 19.4 Å². The first-order chi connectivity index (χ1) is 17.3. The number of hydrogen-bond acceptors (Lipinski definition) is 8. The molecule has 36 heavy (non-hydrogen) atoms. The van der Waals surface area contributed by atoms with Gasteiger partial charge in [-0.25, -0.2) is 18.6 Å². The molecule has 1 aromatic carbocycles. The van der Waals surface area contributed by atoms with Crippen molar-refractivity contribution in [3.8, 4) is 11.5 Å². The number of benzene rings is 1. The number of methoxy groups -OCH3 is 1. The summed E-state index contributed by atoms with van der Waals surface area (Å²) in [7, 11) is 1.33. The van der Waals surface area contributed by atoms with Gasteiger partial charge in [-0.2, -0.15) is 0 Å². The van der Waals surface area contributed by atoms with Crippen LogP contribution >= 0.6 is 0 Å². The van der Waals surface area contributed by atoms with E-state index < -0.39 is 48.7 Å². The monoisotopic (exact) mass is 508 g/mol. The number of esters is 1. The molecule has 0 bridgehead atoms. The standard InChI is InChI=1S/C25H30F2N2O7/c1-15-23(35-11-9-20(26)27)17(12-16-6-4-3-5-7-16)13-34-14-18(25(32)36-15)29-24(31)21-22(30)19(33-2)8-10-28-21/h3-8,10,15,17-18,20,23,30H,9,11-14H2,1-2H3,(H,29,31)/t15-,17-,18-,23-/m0/s1. The van der Waals surface area contributed by atoms with Crippen LogP contribution < -0.4 is 10.1 Å². The molecule has 4 atom stereocenters. The summed E-state index contributed by atoms with van der Waals surface area (Å²) in [6, 6.07) is 9.68. The minimum atomic E-state index is -2.52. The normalized spacial score (nSPS) is 22.8. The Morgan fingerprint density at radius 3 is 2.69 bits per heavy atom. The number of pyridine rings is 1. The van der Waals surface area contributed by atoms with E-state index in [-0.39, 0.29) is 37.2 Å². The molecule has 0 aliphatic carbocycles. The molecule has 3 rings (SSSR count). The van der Waals surface area contributed by atoms with Gasteiger partial charge in [0.1, 0.15) is 6.10 Å². The fourth-order valence-corrected chi connectivity index (χ4v) is 3.97. The fourth-order valence-electron chi connectivity index (χ4n) is 3.97. The number of carbonyl (C=O) groups is 2. The summed E-state index contributed by atoms with van der Waals surface area (Å²) in [6.07, 6.45) is -2.72. The molecule has 196 valence electrons. The van der Waals surface area contributed by atoms with E-state index in [4.69, 9.17) is 18.9 Å². The second-order valence-electron chi connectivity index (χ2n) is 8.38. The zero-order valence-electron chi connectivity index (χ0n) is 20.1. The molecular weight excluding hydrogens is 478 g/mol. The number of halogens is 2. The lowest BCUT2D eigenvalue weighted by Crippen LogP contribution is -2.46. The number of nitrogens with one attached hydrogen (secondary N) is 1. The third-order valence-corrected chi connectivity index (χ3v) is 5.74. The highest BCUT2D eigenvalue weighted by Crippen LogP contribution is 2.28. The molecule has 11 heteroatoms. The van der Waals surface area contributed by atoms with Gasteiger partial charge in [-0.1, -0.05) is 30.3 Å². The van der Waals surface area contributed by atoms with Crippen LogP contribution in [0.1, 0.15) is 29.4 Å². The van der Waals surface area contributed by atoms with E-state index in [0.717, 1.165) is 5.56 Å². The van der Waals surface area contributed by atoms with Crippen molar-refractivity contribution >= 4 is 11.9 Å². The summed E-state index contributed by atoms with van der Waals surface area (Å²) < 4.78 is 47.6. The predicted octanol–water partition coefficient (Wildman–Crippen LogP) is 2.76. The molecule has 1 amide bonds. The van der Waals surface area contributed by atoms with Crippen molar-refractivity contribution in [2.75, 3.05) is 26.9 Å². The molecule has 2 N–H and O–H groups in total. The first-order valence-corrected chi connectivity index (χ1v) is 11.5. The van der Waals surface area contributed by atoms with Crippen LogP contribution in [-0.2, 0) is 25.4 Å². The van der Waals surface area contributed by atoms with Crippen molar-refractivity contribution in [3.63, 3.8) is 0 Å². The number of amides is 1. The SMILES string of the molecule is COc1ccnc(C(=O)N[C@H]2COC[C@H](Cc3ccccc3)[C@@H](OCCC(F)F)[C@H](C)OC2=O)c1O. The van der Waals surface area contributed by atoms with Crippen molar-refractivity contribution in [1.82, 2.24) is 10.3 Å². The van der Waals surface area contributed by atoms with Gasteiger partial charge in [0.05, 0.1) is 33.0 Å². The van der Waals surface area contributed by atoms with Crippen LogP contribution in [0.3, 0.4) is 0 Å². The van der Waals surface area contributed by atoms with Crippen LogP contribution in [0.2, 0.25) is 0 Å². The maximum absolute atomic E-state index is 12.9. The number of aromatic nitrogens is 1. The molecule has 1 aliphatic rings. The van der Waals surface area contributed by atoms with E-state index in [1.807, 2.05) is 30.3 Å². The molecule has 9 nitrogen and oxygen atoms in total. The van der Waals surface area contributed by atoms with Crippen molar-refractivity contribution in [2.45, 2.75) is 44.4 Å². The zero-order chi connectivity index (χ0) is 26.1. The molecule has 1 aliphatic heterocycles. The van der Waals surface area contributed by atoms with Gasteiger partial charge in [0.15, 0.2) is 23.2 Å². The molecule has 0 radical (unpaired) electrons. The second kappa shape index (κ2) is 13.1. The van der Waals surface area contributed by atoms with E-state index in [1.54, 1.807) is 6.92 Å². The lowest BCUT2D eigenvalue weighted by atomic mass is 9.91. The summed E-state index contributed by atoms with van der Waals surface area (Å²) in [4.78, 5) is 29.5. The van der Waals surface area contributed by atoms with Gasteiger partial charge in [0.25, 0.3) is 5.91 Å². The fraction of sp³-hybridized carbons (Fsp3) is 0.480. The number of rotatable bonds is 9. The lowest BCUT2D eigenvalue weighted by molar-refractivity contribution is -0.160. The van der Waals surface area contributed by atoms with E-state index in [0.29, 0.717) is 6.42 Å². The summed E-state index contributed by atoms with van der Waals surface area (Å²) in [5, 5.41) is 12.7. The highest BCUT2D eigenvalue weighted by molar-refractivity contribution is 5.98. The maximum atomic E-state index is 12.9. The first-order valence-electron chi connectivity index (χ1n) is 11.5. The van der Waals surface area contributed by atoms with Gasteiger partial charge in [-0.3, -0.25) is 4.79 Å². The lowest BCUT2D eigenvalue weighted by Gasteiger charge is -2.31. The molecule has 0 saturated carbocycles. The Morgan fingerprint density at radius 1 is 1.25 bits per heavy atom. The van der Waals surface area contributed by atoms with Crippen LogP contribution in [0.5, 0.6) is 11.5 Å². The number of aromatic hydroxyl groups is 1. The van der Waals surface area contributed by atoms with E-state index in [2.05, 4.69) is 10.3 Å². The minimum absolute atomic E-state index is 0.0459. The van der Waals surface area contributed by atoms with E-state index in [9.17, 15) is 23.5 Å². The molecular formula is C25H30F2N2O7. The zero-order valence-corrected chi connectivity index (χ0v) is 20.1. The van der Waals surface area contributed by atoms with Crippen molar-refractivity contribution in [1.29, 1.82) is 0 Å². The summed E-state index contributed by atoms with van der Waals surface area (Å²) in [5.41, 5.74) is 0.654. The summed E-state index contributed by atoms with van der Waals surface area (Å²) in [5.74, 6) is -2.36. The summed E-state index contributed by atoms with van der Waals surface area (Å²) >= 11 is 0. The van der Waals surface area contributed by atoms with Crippen LogP contribution in [0.25, 0.3) is 0 Å². The maximum Gasteiger partial charge on any atom is 0.331 e. The Labute approximate surface area is 207 Å². The predicted molar refractivity (Wildman–Crippen MR) is 124 cm³/mol. The van der Waals surface area contributed by atoms with Crippen molar-refractivity contribution in [2.24, 2.45) is 5.92 Å². The van der Waals surface area contributed by atoms with Gasteiger partial charge < -0.3 is 29.4 Å². The molecule has 0 spiro atoms. The molecule has 1 fully saturated rings. The minimum Gasteiger partial charge on any atom is -0.503 e. The largest absolute Gasteiger partial charge is 0.503 e. The van der Waals surface area contributed by atoms with Crippen LogP contribution in [0.15, 0.2) is 42.6 Å². The van der Waals surface area contributed by atoms with Gasteiger partial charge in [0, 0.05) is 24.6 Å². The molecule has 1 saturated heterocycles. The topological polar surface area (TPSA) is 116 Å². The average Bonchev–Trinajstić information content (AvgIpc) is 2.90. The Hall–Kier alpha value is -3.31. The van der Waals surface area contributed by atoms with Crippen LogP contribution in [0.4, 0.5) is 8.78 Å². The van der Waals surface area contributed by atoms with Crippen molar-refractivity contribution < 1.29 is 42.4 Å². The van der Waals surface area contributed by atoms with Gasteiger partial charge in [-0.05, 0) is 18.9 Å². The van der Waals surface area contributed by atoms with Gasteiger partial charge in [-0.15, -0.1) is 0 Å². The smallest absolute Gasteiger partial charge is 0.331 e. The Morgan fingerprint density at radius 2 is 2.00 bits per heavy atom. The van der Waals surface area contributed by atoms with Gasteiger partial charge >= 0.3 is 5.97 Å². The molecule has 2 heterocycles. The van der Waals surface area contributed by atoms with Crippen molar-refractivity contribution in [3.05, 3.63) is 53.9 Å². The number of nitrogens with zero attached hydrogens (tertiary/aromatic N) is 1. The second-order valence-corrected chi connectivity index (χ2v) is 8.38. The van der Waals surface area contributed by atoms with Crippen LogP contribution in [-0.4, -0.2) is 73.6 Å². The average molecular weight is 509 g/mol. The molecule has 2 aromatic rings. The first kappa shape index (κ1) is 27.3. The number of alkyl halides is 2. The number of cyclic esters (lactones) is 1. The Bertz CT molecular complexity index is 1010. The highest BCUT2D eigenvalue weighted by atomic mass is 19.3. The Balaban J connectivity index is 1.76. The number of ether oxygens (including phenoxy) is 4. The Kier molecular flexibility index (Phi) is 9.95. The van der Waals surface area contributed by atoms with E-state index >= 15 is 0 Å². The third-order valence-electron chi connectivity index (χ3n) is 5.74. The number of carbonyl (C=O) groups excluding carboxylic acids is 2. The third kappa shape index (κ3) is 7.34. The molecule has 0 unspecified atom stereocenters. The quantitative estimate of drug-likeness (QED) is 0.497. The highest BCUT2D eigenvalue weighted by Gasteiger charge is 2.36. The summed E-state index contributed by atoms with van der Waals surface area (Å²) in [6.45, 7) is 1.32. The number of hydrogen-bond donors (Lipinski definition) is 2. The molecule has 1 aromatic heterocycles. The van der Waals surface area contributed by atoms with Crippen LogP contribution in [0, 0.1) is 5.92 Å². The van der Waals surface area contributed by atoms with Gasteiger partial charge in [0.2, 0.25) is 6.43 Å².